The predicted octanol–water partition coefficient (Wildman–Crippen LogP) is 3.62. The predicted molar refractivity (Wildman–Crippen MR) is 56.6 cm³/mol. The van der Waals surface area contributed by atoms with Gasteiger partial charge in [-0.15, -0.1) is 11.8 Å². The van der Waals surface area contributed by atoms with Gasteiger partial charge < -0.3 is 0 Å². The van der Waals surface area contributed by atoms with Crippen molar-refractivity contribution in [2.75, 3.05) is 5.75 Å². The molecule has 1 radical (unpaired) electrons. The second-order valence-corrected chi connectivity index (χ2v) is 4.11. The Kier molecular flexibility index (Phi) is 3.67. The highest BCUT2D eigenvalue weighted by atomic mass is 32.2. The van der Waals surface area contributed by atoms with E-state index in [1.54, 1.807) is 0 Å². The lowest BCUT2D eigenvalue weighted by Crippen LogP contribution is -1.82. The molecule has 0 heterocycles. The van der Waals surface area contributed by atoms with Crippen LogP contribution >= 0.6 is 11.8 Å². The average Bonchev–Trinajstić information content (AvgIpc) is 2.03. The number of thioether (sulfide) groups is 1. The minimum atomic E-state index is 0.998. The van der Waals surface area contributed by atoms with Crippen LogP contribution in [0.2, 0.25) is 0 Å². The smallest absolute Gasteiger partial charge is 0.0101 e. The van der Waals surface area contributed by atoms with E-state index >= 15 is 0 Å². The Labute approximate surface area is 79.4 Å². The molecule has 1 rings (SSSR count). The summed E-state index contributed by atoms with van der Waals surface area (Å²) in [5.74, 6) is 1.11. The third-order valence-corrected chi connectivity index (χ3v) is 2.99. The van der Waals surface area contributed by atoms with Crippen LogP contribution in [0.15, 0.2) is 23.1 Å². The normalized spacial score (nSPS) is 10.2. The first-order chi connectivity index (χ1) is 5.74. The molecule has 0 aromatic heterocycles. The lowest BCUT2D eigenvalue weighted by Gasteiger charge is -2.04. The molecule has 0 saturated heterocycles. The van der Waals surface area contributed by atoms with Gasteiger partial charge in [0.2, 0.25) is 0 Å². The zero-order valence-corrected chi connectivity index (χ0v) is 8.58. The van der Waals surface area contributed by atoms with Crippen molar-refractivity contribution in [3.63, 3.8) is 0 Å². The third kappa shape index (κ3) is 2.56. The van der Waals surface area contributed by atoms with Crippen LogP contribution in [0.3, 0.4) is 0 Å². The van der Waals surface area contributed by atoms with E-state index in [0.29, 0.717) is 0 Å². The van der Waals surface area contributed by atoms with Gasteiger partial charge in [-0.2, -0.15) is 0 Å². The van der Waals surface area contributed by atoms with Crippen molar-refractivity contribution in [2.24, 2.45) is 0 Å². The molecule has 65 valence electrons. The molecule has 0 N–H and O–H groups in total. The van der Waals surface area contributed by atoms with Gasteiger partial charge in [-0.1, -0.05) is 24.6 Å². The van der Waals surface area contributed by atoms with Gasteiger partial charge in [0.25, 0.3) is 0 Å². The molecule has 0 saturated carbocycles. The Morgan fingerprint density at radius 3 is 2.67 bits per heavy atom. The highest BCUT2D eigenvalue weighted by Crippen LogP contribution is 2.23. The summed E-state index contributed by atoms with van der Waals surface area (Å²) in [4.78, 5) is 1.39. The zero-order chi connectivity index (χ0) is 8.97. The molecule has 0 spiro atoms. The van der Waals surface area contributed by atoms with Crippen LogP contribution in [0, 0.1) is 20.8 Å². The number of benzene rings is 1. The first-order valence-electron chi connectivity index (χ1n) is 4.23. The fourth-order valence-electron chi connectivity index (χ4n) is 1.14. The van der Waals surface area contributed by atoms with Gasteiger partial charge in [-0.3, -0.25) is 0 Å². The molecule has 0 aliphatic heterocycles. The molecule has 12 heavy (non-hydrogen) atoms. The molecule has 0 nitrogen and oxygen atoms in total. The van der Waals surface area contributed by atoms with Gasteiger partial charge in [0.15, 0.2) is 0 Å². The van der Waals surface area contributed by atoms with E-state index in [9.17, 15) is 0 Å². The van der Waals surface area contributed by atoms with Gasteiger partial charge in [0.1, 0.15) is 0 Å². The van der Waals surface area contributed by atoms with Crippen LogP contribution in [0.5, 0.6) is 0 Å². The lowest BCUT2D eigenvalue weighted by molar-refractivity contribution is 1.22. The van der Waals surface area contributed by atoms with Crippen molar-refractivity contribution < 1.29 is 0 Å². The fraction of sp³-hybridized carbons (Fsp3) is 0.364. The van der Waals surface area contributed by atoms with E-state index in [1.807, 2.05) is 11.8 Å². The van der Waals surface area contributed by atoms with Crippen LogP contribution in [0.4, 0.5) is 0 Å². The molecule has 0 aliphatic carbocycles. The molecule has 1 aromatic rings. The molecular weight excluding hydrogens is 164 g/mol. The molecule has 0 fully saturated rings. The summed E-state index contributed by atoms with van der Waals surface area (Å²) in [6, 6.07) is 6.59. The summed E-state index contributed by atoms with van der Waals surface area (Å²) in [6.07, 6.45) is 0.998. The Morgan fingerprint density at radius 2 is 2.08 bits per heavy atom. The summed E-state index contributed by atoms with van der Waals surface area (Å²) >= 11 is 1.89. The van der Waals surface area contributed by atoms with Crippen molar-refractivity contribution in [1.29, 1.82) is 0 Å². The summed E-state index contributed by atoms with van der Waals surface area (Å²) in [5.41, 5.74) is 2.72. The van der Waals surface area contributed by atoms with Gasteiger partial charge >= 0.3 is 0 Å². The van der Waals surface area contributed by atoms with E-state index in [4.69, 9.17) is 0 Å². The van der Waals surface area contributed by atoms with Crippen molar-refractivity contribution >= 4 is 11.8 Å². The fourth-order valence-corrected chi connectivity index (χ4v) is 1.96. The standard InChI is InChI=1S/C11H15S/c1-4-7-12-11-6-5-9(2)8-10(11)3/h5-6,8H,1,4,7H2,2-3H3. The SMILES string of the molecule is [CH2]CCSc1ccc(C)cc1C. The van der Waals surface area contributed by atoms with Crippen molar-refractivity contribution in [1.82, 2.24) is 0 Å². The number of hydrogen-bond acceptors (Lipinski definition) is 1. The Hall–Kier alpha value is -0.430. The number of aryl methyl sites for hydroxylation is 2. The maximum atomic E-state index is 3.83. The topological polar surface area (TPSA) is 0 Å². The van der Waals surface area contributed by atoms with Gasteiger partial charge in [0, 0.05) is 4.90 Å². The van der Waals surface area contributed by atoms with E-state index in [-0.39, 0.29) is 0 Å². The van der Waals surface area contributed by atoms with Gasteiger partial charge in [-0.25, -0.2) is 0 Å². The van der Waals surface area contributed by atoms with Crippen LogP contribution in [0.25, 0.3) is 0 Å². The largest absolute Gasteiger partial charge is 0.126 e. The van der Waals surface area contributed by atoms with E-state index < -0.39 is 0 Å². The van der Waals surface area contributed by atoms with E-state index in [1.165, 1.54) is 16.0 Å². The summed E-state index contributed by atoms with van der Waals surface area (Å²) < 4.78 is 0. The summed E-state index contributed by atoms with van der Waals surface area (Å²) in [7, 11) is 0. The van der Waals surface area contributed by atoms with E-state index in [2.05, 4.69) is 39.0 Å². The Morgan fingerprint density at radius 1 is 1.33 bits per heavy atom. The van der Waals surface area contributed by atoms with Crippen molar-refractivity contribution in [3.8, 4) is 0 Å². The molecule has 0 unspecified atom stereocenters. The maximum absolute atomic E-state index is 3.83. The minimum absolute atomic E-state index is 0.998. The van der Waals surface area contributed by atoms with Crippen LogP contribution in [0.1, 0.15) is 17.5 Å². The minimum Gasteiger partial charge on any atom is -0.126 e. The monoisotopic (exact) mass is 179 g/mol. The first kappa shape index (κ1) is 9.66. The highest BCUT2D eigenvalue weighted by Gasteiger charge is 1.97. The van der Waals surface area contributed by atoms with Crippen LogP contribution in [-0.2, 0) is 0 Å². The van der Waals surface area contributed by atoms with Gasteiger partial charge in [-0.05, 0) is 37.7 Å². The van der Waals surface area contributed by atoms with Crippen LogP contribution in [-0.4, -0.2) is 5.75 Å². The summed E-state index contributed by atoms with van der Waals surface area (Å²) in [6.45, 7) is 8.12. The maximum Gasteiger partial charge on any atom is 0.0101 e. The molecular formula is C11H15S. The highest BCUT2D eigenvalue weighted by molar-refractivity contribution is 7.99. The summed E-state index contributed by atoms with van der Waals surface area (Å²) in [5, 5.41) is 0. The van der Waals surface area contributed by atoms with E-state index in [0.717, 1.165) is 12.2 Å². The number of rotatable bonds is 3. The first-order valence-corrected chi connectivity index (χ1v) is 5.22. The second kappa shape index (κ2) is 4.56. The van der Waals surface area contributed by atoms with Gasteiger partial charge in [0.05, 0.1) is 0 Å². The third-order valence-electron chi connectivity index (χ3n) is 1.73. The number of hydrogen-bond donors (Lipinski definition) is 0. The van der Waals surface area contributed by atoms with Crippen molar-refractivity contribution in [2.45, 2.75) is 25.2 Å². The quantitative estimate of drug-likeness (QED) is 0.639. The molecule has 0 atom stereocenters. The Balaban J connectivity index is 2.72. The second-order valence-electron chi connectivity index (χ2n) is 2.97. The average molecular weight is 179 g/mol. The molecule has 1 heteroatoms. The van der Waals surface area contributed by atoms with Crippen LogP contribution < -0.4 is 0 Å². The molecule has 0 bridgehead atoms. The Bertz CT molecular complexity index is 253. The molecule has 0 aliphatic rings. The molecule has 0 amide bonds. The zero-order valence-electron chi connectivity index (χ0n) is 7.76. The lowest BCUT2D eigenvalue weighted by atomic mass is 10.2. The molecule has 1 aromatic carbocycles. The van der Waals surface area contributed by atoms with Crippen molar-refractivity contribution in [3.05, 3.63) is 36.2 Å².